The van der Waals surface area contributed by atoms with E-state index in [0.29, 0.717) is 5.56 Å². The van der Waals surface area contributed by atoms with Gasteiger partial charge in [0.25, 0.3) is 5.69 Å². The maximum absolute atomic E-state index is 11.4. The van der Waals surface area contributed by atoms with Gasteiger partial charge in [0.1, 0.15) is 5.75 Å². The Kier molecular flexibility index (Phi) is 4.94. The summed E-state index contributed by atoms with van der Waals surface area (Å²) in [7, 11) is 0. The highest BCUT2D eigenvalue weighted by atomic mass is 35.5. The largest absolute Gasteiger partial charge is 0.506 e. The number of halogens is 1. The fourth-order valence-corrected chi connectivity index (χ4v) is 3.27. The van der Waals surface area contributed by atoms with E-state index >= 15 is 0 Å². The fraction of sp³-hybridized carbons (Fsp3) is 0.600. The van der Waals surface area contributed by atoms with E-state index in [4.69, 9.17) is 11.6 Å². The molecule has 1 fully saturated rings. The molecule has 0 spiro atoms. The van der Waals surface area contributed by atoms with Crippen LogP contribution < -0.4 is 5.32 Å². The van der Waals surface area contributed by atoms with E-state index in [1.54, 1.807) is 0 Å². The van der Waals surface area contributed by atoms with Gasteiger partial charge >= 0.3 is 0 Å². The molecule has 1 atom stereocenters. The van der Waals surface area contributed by atoms with Crippen molar-refractivity contribution in [1.82, 2.24) is 10.2 Å². The number of rotatable bonds is 3. The second-order valence-corrected chi connectivity index (χ2v) is 7.05. The van der Waals surface area contributed by atoms with Crippen molar-refractivity contribution in [2.24, 2.45) is 5.41 Å². The third kappa shape index (κ3) is 3.34. The van der Waals surface area contributed by atoms with E-state index in [0.717, 1.165) is 26.2 Å². The van der Waals surface area contributed by atoms with Crippen LogP contribution in [0.2, 0.25) is 5.02 Å². The van der Waals surface area contributed by atoms with E-state index in [-0.39, 0.29) is 27.9 Å². The second kappa shape index (κ2) is 6.40. The van der Waals surface area contributed by atoms with Gasteiger partial charge in [-0.1, -0.05) is 32.4 Å². The number of hydrogen-bond acceptors (Lipinski definition) is 5. The van der Waals surface area contributed by atoms with E-state index in [2.05, 4.69) is 10.2 Å². The van der Waals surface area contributed by atoms with Crippen molar-refractivity contribution in [3.05, 3.63) is 32.8 Å². The Bertz CT molecular complexity index is 566. The summed E-state index contributed by atoms with van der Waals surface area (Å²) < 4.78 is 0. The van der Waals surface area contributed by atoms with E-state index in [1.165, 1.54) is 12.1 Å². The molecule has 1 heterocycles. The highest BCUT2D eigenvalue weighted by molar-refractivity contribution is 6.32. The van der Waals surface area contributed by atoms with Crippen molar-refractivity contribution in [2.45, 2.75) is 26.8 Å². The van der Waals surface area contributed by atoms with Crippen LogP contribution in [-0.4, -0.2) is 41.1 Å². The van der Waals surface area contributed by atoms with Gasteiger partial charge in [0.15, 0.2) is 0 Å². The van der Waals surface area contributed by atoms with Crippen molar-refractivity contribution in [2.75, 3.05) is 26.2 Å². The summed E-state index contributed by atoms with van der Waals surface area (Å²) in [5.41, 5.74) is -0.0585. The first-order valence-corrected chi connectivity index (χ1v) is 7.72. The zero-order valence-corrected chi connectivity index (χ0v) is 13.9. The minimum absolute atomic E-state index is 0.0830. The van der Waals surface area contributed by atoms with Crippen LogP contribution in [0.25, 0.3) is 0 Å². The van der Waals surface area contributed by atoms with E-state index < -0.39 is 4.92 Å². The Morgan fingerprint density at radius 1 is 1.36 bits per heavy atom. The lowest BCUT2D eigenvalue weighted by Gasteiger charge is -2.42. The van der Waals surface area contributed by atoms with Crippen LogP contribution in [0.5, 0.6) is 5.75 Å². The average molecular weight is 328 g/mol. The quantitative estimate of drug-likeness (QED) is 0.659. The monoisotopic (exact) mass is 327 g/mol. The normalized spacial score (nSPS) is 18.2. The van der Waals surface area contributed by atoms with Crippen LogP contribution in [0.3, 0.4) is 0 Å². The van der Waals surface area contributed by atoms with Crippen LogP contribution in [0, 0.1) is 15.5 Å². The van der Waals surface area contributed by atoms with Crippen molar-refractivity contribution >= 4 is 17.3 Å². The summed E-state index contributed by atoms with van der Waals surface area (Å²) in [6.07, 6.45) is 0. The first-order valence-electron chi connectivity index (χ1n) is 7.34. The maximum Gasteiger partial charge on any atom is 0.278 e. The number of nitro benzene ring substituents is 1. The predicted octanol–water partition coefficient (Wildman–Crippen LogP) is 2.95. The average Bonchev–Trinajstić information content (AvgIpc) is 2.43. The number of hydrogen-bond donors (Lipinski definition) is 2. The molecule has 0 radical (unpaired) electrons. The van der Waals surface area contributed by atoms with Crippen LogP contribution in [0.15, 0.2) is 12.1 Å². The van der Waals surface area contributed by atoms with Gasteiger partial charge < -0.3 is 10.4 Å². The van der Waals surface area contributed by atoms with Crippen LogP contribution in [0.1, 0.15) is 32.4 Å². The first-order chi connectivity index (χ1) is 10.2. The molecule has 1 aromatic carbocycles. The second-order valence-electron chi connectivity index (χ2n) is 6.64. The van der Waals surface area contributed by atoms with Crippen molar-refractivity contribution in [3.63, 3.8) is 0 Å². The minimum Gasteiger partial charge on any atom is -0.506 e. The number of nitrogens with zero attached hydrogens (tertiary/aromatic N) is 2. The van der Waals surface area contributed by atoms with Crippen molar-refractivity contribution in [1.29, 1.82) is 0 Å². The van der Waals surface area contributed by atoms with Gasteiger partial charge in [0.2, 0.25) is 0 Å². The smallest absolute Gasteiger partial charge is 0.278 e. The summed E-state index contributed by atoms with van der Waals surface area (Å²) in [5.74, 6) is -0.186. The summed E-state index contributed by atoms with van der Waals surface area (Å²) in [5, 5.41) is 25.2. The molecule has 0 unspecified atom stereocenters. The molecule has 122 valence electrons. The maximum atomic E-state index is 11.4. The van der Waals surface area contributed by atoms with Gasteiger partial charge in [-0.05, 0) is 11.5 Å². The zero-order chi connectivity index (χ0) is 16.5. The molecule has 2 rings (SSSR count). The molecular formula is C15H22ClN3O3. The van der Waals surface area contributed by atoms with Crippen LogP contribution >= 0.6 is 11.6 Å². The Morgan fingerprint density at radius 3 is 2.45 bits per heavy atom. The highest BCUT2D eigenvalue weighted by Crippen LogP contribution is 2.47. The SMILES string of the molecule is CC(C)(C)[C@@H](c1c([N+](=O)[O-])ccc(Cl)c1O)N1CCNCC1. The van der Waals surface area contributed by atoms with Gasteiger partial charge in [-0.25, -0.2) is 0 Å². The van der Waals surface area contributed by atoms with Gasteiger partial charge in [0.05, 0.1) is 21.6 Å². The lowest BCUT2D eigenvalue weighted by atomic mass is 9.80. The third-order valence-electron chi connectivity index (χ3n) is 3.95. The first kappa shape index (κ1) is 17.0. The molecule has 22 heavy (non-hydrogen) atoms. The summed E-state index contributed by atoms with van der Waals surface area (Å²) in [6.45, 7) is 9.23. The van der Waals surface area contributed by atoms with Crippen molar-refractivity contribution in [3.8, 4) is 5.75 Å². The molecule has 0 bridgehead atoms. The number of aromatic hydroxyl groups is 1. The lowest BCUT2D eigenvalue weighted by molar-refractivity contribution is -0.386. The van der Waals surface area contributed by atoms with Crippen molar-refractivity contribution < 1.29 is 10.0 Å². The zero-order valence-electron chi connectivity index (χ0n) is 13.1. The molecule has 0 amide bonds. The highest BCUT2D eigenvalue weighted by Gasteiger charge is 2.39. The Balaban J connectivity index is 2.61. The molecule has 0 aliphatic carbocycles. The number of phenols is 1. The van der Waals surface area contributed by atoms with E-state index in [1.807, 2.05) is 20.8 Å². The molecule has 1 aliphatic heterocycles. The van der Waals surface area contributed by atoms with Gasteiger partial charge in [-0.15, -0.1) is 0 Å². The van der Waals surface area contributed by atoms with Crippen LogP contribution in [0.4, 0.5) is 5.69 Å². The van der Waals surface area contributed by atoms with Gasteiger partial charge in [-0.2, -0.15) is 0 Å². The van der Waals surface area contributed by atoms with Gasteiger partial charge in [-0.3, -0.25) is 15.0 Å². The summed E-state index contributed by atoms with van der Waals surface area (Å²) >= 11 is 6.02. The number of piperazine rings is 1. The molecule has 1 aliphatic rings. The minimum atomic E-state index is -0.452. The Morgan fingerprint density at radius 2 is 1.95 bits per heavy atom. The third-order valence-corrected chi connectivity index (χ3v) is 4.26. The molecule has 0 aromatic heterocycles. The molecule has 2 N–H and O–H groups in total. The topological polar surface area (TPSA) is 78.6 Å². The summed E-state index contributed by atoms with van der Waals surface area (Å²) in [6, 6.07) is 2.46. The Hall–Kier alpha value is -1.37. The number of nitro groups is 1. The predicted molar refractivity (Wildman–Crippen MR) is 86.4 cm³/mol. The fourth-order valence-electron chi connectivity index (χ4n) is 3.10. The molecular weight excluding hydrogens is 306 g/mol. The lowest BCUT2D eigenvalue weighted by Crippen LogP contribution is -2.48. The number of benzene rings is 1. The molecule has 7 heteroatoms. The molecule has 0 saturated carbocycles. The molecule has 6 nitrogen and oxygen atoms in total. The number of phenolic OH excluding ortho intramolecular Hbond substituents is 1. The molecule has 1 aromatic rings. The Labute approximate surface area is 135 Å². The standard InChI is InChI=1S/C15H22ClN3O3/c1-15(2,3)14(18-8-6-17-7-9-18)12-11(19(21)22)5-4-10(16)13(12)20/h4-5,14,17,20H,6-9H2,1-3H3/t14-/m1/s1. The number of nitrogens with one attached hydrogen (secondary N) is 1. The van der Waals surface area contributed by atoms with Crippen LogP contribution in [-0.2, 0) is 0 Å². The molecule has 1 saturated heterocycles. The van der Waals surface area contributed by atoms with Gasteiger partial charge in [0, 0.05) is 32.2 Å². The summed E-state index contributed by atoms with van der Waals surface area (Å²) in [4.78, 5) is 13.1. The van der Waals surface area contributed by atoms with E-state index in [9.17, 15) is 15.2 Å².